The van der Waals surface area contributed by atoms with Crippen molar-refractivity contribution in [2.75, 3.05) is 60.2 Å². The molecule has 0 spiro atoms. The van der Waals surface area contributed by atoms with E-state index in [1.54, 1.807) is 6.26 Å². The van der Waals surface area contributed by atoms with Crippen molar-refractivity contribution >= 4 is 31.2 Å². The van der Waals surface area contributed by atoms with E-state index in [1.165, 1.54) is 6.20 Å². The summed E-state index contributed by atoms with van der Waals surface area (Å²) in [7, 11) is 1.42. The maximum atomic E-state index is 12.7. The van der Waals surface area contributed by atoms with E-state index in [4.69, 9.17) is 15.5 Å². The predicted molar refractivity (Wildman–Crippen MR) is 112 cm³/mol. The maximum Gasteiger partial charge on any atom is 0.472 e. The third-order valence-electron chi connectivity index (χ3n) is 3.67. The summed E-state index contributed by atoms with van der Waals surface area (Å²) in [6.07, 6.45) is 8.14. The largest absolute Gasteiger partial charge is 0.472 e. The van der Waals surface area contributed by atoms with Crippen molar-refractivity contribution in [1.29, 1.82) is 0 Å². The fraction of sp³-hybridized carbons (Fsp3) is 0.529. The summed E-state index contributed by atoms with van der Waals surface area (Å²) < 4.78 is 22.3. The van der Waals surface area contributed by atoms with Crippen LogP contribution in [0.2, 0.25) is 0 Å². The van der Waals surface area contributed by atoms with E-state index >= 15 is 0 Å². The second-order valence-electron chi connectivity index (χ2n) is 7.09. The normalized spacial score (nSPS) is 13.3. The Kier molecular flexibility index (Phi) is 9.90. The molecule has 0 saturated heterocycles. The number of aromatic nitrogens is 1. The summed E-state index contributed by atoms with van der Waals surface area (Å²) in [6.45, 7) is -0.0540. The van der Waals surface area contributed by atoms with Crippen LogP contribution in [-0.2, 0) is 13.6 Å². The molecule has 0 aliphatic rings. The van der Waals surface area contributed by atoms with Gasteiger partial charge < -0.3 is 14.3 Å². The third kappa shape index (κ3) is 8.79. The van der Waals surface area contributed by atoms with Crippen molar-refractivity contribution in [3.63, 3.8) is 0 Å². The minimum absolute atomic E-state index is 0.0153. The zero-order chi connectivity index (χ0) is 22.9. The minimum Gasteiger partial charge on any atom is -0.329 e. The lowest BCUT2D eigenvalue weighted by molar-refractivity contribution is -0.870. The van der Waals surface area contributed by atoms with Crippen LogP contribution in [0.5, 0.6) is 0 Å². The first-order chi connectivity index (χ1) is 13.9. The summed E-state index contributed by atoms with van der Waals surface area (Å²) in [5, 5.41) is 11.4. The van der Waals surface area contributed by atoms with E-state index < -0.39 is 18.7 Å². The zero-order valence-corrected chi connectivity index (χ0v) is 19.0. The van der Waals surface area contributed by atoms with E-state index in [-0.39, 0.29) is 42.6 Å². The van der Waals surface area contributed by atoms with Gasteiger partial charge in [-0.05, 0) is 6.26 Å². The van der Waals surface area contributed by atoms with Gasteiger partial charge >= 0.3 is 13.5 Å². The fourth-order valence-electron chi connectivity index (χ4n) is 2.12. The molecule has 13 heteroatoms. The molecule has 0 aliphatic carbocycles. The Balaban J connectivity index is 2.77. The van der Waals surface area contributed by atoms with Crippen LogP contribution in [0, 0.1) is 22.5 Å². The predicted octanol–water partition coefficient (Wildman–Crippen LogP) is 1.63. The van der Waals surface area contributed by atoms with E-state index in [2.05, 4.69) is 10.9 Å². The molecule has 0 aliphatic heterocycles. The molecule has 1 aromatic rings. The van der Waals surface area contributed by atoms with Crippen LogP contribution < -0.4 is 0 Å². The Morgan fingerprint density at radius 2 is 2.07 bits per heavy atom. The second kappa shape index (κ2) is 11.4. The number of terminal acetylenes is 1. The van der Waals surface area contributed by atoms with Gasteiger partial charge in [-0.25, -0.2) is 9.55 Å². The number of thioether (sulfide) groups is 1. The SMILES string of the molecule is C#CCN(CCOP(=O)(O)OCC[N+](C)(C)C)C(=O)c1cnc(SC)c([N+](=O)[O-])c1. The van der Waals surface area contributed by atoms with E-state index in [1.807, 2.05) is 21.1 Å². The van der Waals surface area contributed by atoms with Gasteiger partial charge in [-0.2, -0.15) is 0 Å². The van der Waals surface area contributed by atoms with Crippen molar-refractivity contribution in [3.05, 3.63) is 27.9 Å². The smallest absolute Gasteiger partial charge is 0.329 e. The monoisotopic (exact) mass is 461 g/mol. The van der Waals surface area contributed by atoms with Gasteiger partial charge in [-0.3, -0.25) is 24.0 Å². The van der Waals surface area contributed by atoms with Crippen LogP contribution in [0.15, 0.2) is 17.3 Å². The van der Waals surface area contributed by atoms with Gasteiger partial charge in [0, 0.05) is 18.8 Å². The molecule has 0 aromatic carbocycles. The molecule has 1 amide bonds. The Morgan fingerprint density at radius 3 is 2.60 bits per heavy atom. The lowest BCUT2D eigenvalue weighted by Crippen LogP contribution is -2.37. The van der Waals surface area contributed by atoms with Crippen molar-refractivity contribution in [3.8, 4) is 12.3 Å². The lowest BCUT2D eigenvalue weighted by Gasteiger charge is -2.24. The maximum absolute atomic E-state index is 12.7. The van der Waals surface area contributed by atoms with E-state index in [0.29, 0.717) is 11.0 Å². The molecular formula is C17H26N4O7PS+. The van der Waals surface area contributed by atoms with Gasteiger partial charge in [0.2, 0.25) is 0 Å². The first-order valence-electron chi connectivity index (χ1n) is 8.73. The number of carbonyl (C=O) groups is 1. The van der Waals surface area contributed by atoms with Crippen LogP contribution in [0.25, 0.3) is 0 Å². The van der Waals surface area contributed by atoms with Crippen molar-refractivity contribution < 1.29 is 32.7 Å². The molecule has 11 nitrogen and oxygen atoms in total. The highest BCUT2D eigenvalue weighted by Crippen LogP contribution is 2.42. The Bertz CT molecular complexity index is 853. The lowest BCUT2D eigenvalue weighted by atomic mass is 10.2. The second-order valence-corrected chi connectivity index (χ2v) is 9.34. The summed E-state index contributed by atoms with van der Waals surface area (Å²) >= 11 is 1.08. The van der Waals surface area contributed by atoms with Crippen LogP contribution in [0.3, 0.4) is 0 Å². The molecule has 1 unspecified atom stereocenters. The number of phosphoric acid groups is 1. The number of quaternary nitrogens is 1. The van der Waals surface area contributed by atoms with Crippen LogP contribution in [-0.4, -0.2) is 90.3 Å². The van der Waals surface area contributed by atoms with Gasteiger partial charge in [0.15, 0.2) is 5.03 Å². The average Bonchev–Trinajstić information content (AvgIpc) is 2.64. The summed E-state index contributed by atoms with van der Waals surface area (Å²) in [5.74, 6) is 1.69. The molecule has 0 bridgehead atoms. The number of hydrogen-bond acceptors (Lipinski definition) is 8. The number of carbonyl (C=O) groups excluding carboxylic acids is 1. The van der Waals surface area contributed by atoms with Gasteiger partial charge in [-0.1, -0.05) is 5.92 Å². The molecule has 1 rings (SSSR count). The summed E-state index contributed by atoms with van der Waals surface area (Å²) in [6, 6.07) is 1.12. The number of likely N-dealkylation sites (N-methyl/N-ethyl adjacent to an activating group) is 1. The number of nitro groups is 1. The number of phosphoric ester groups is 1. The molecular weight excluding hydrogens is 435 g/mol. The van der Waals surface area contributed by atoms with Crippen molar-refractivity contribution in [2.24, 2.45) is 0 Å². The number of nitrogens with zero attached hydrogens (tertiary/aromatic N) is 4. The highest BCUT2D eigenvalue weighted by molar-refractivity contribution is 7.98. The van der Waals surface area contributed by atoms with Gasteiger partial charge in [-0.15, -0.1) is 18.2 Å². The molecule has 1 heterocycles. The quantitative estimate of drug-likeness (QED) is 0.123. The van der Waals surface area contributed by atoms with Crippen molar-refractivity contribution in [1.82, 2.24) is 9.88 Å². The first-order valence-corrected chi connectivity index (χ1v) is 11.5. The summed E-state index contributed by atoms with van der Waals surface area (Å²) in [4.78, 5) is 38.1. The van der Waals surface area contributed by atoms with Gasteiger partial charge in [0.25, 0.3) is 5.91 Å². The highest BCUT2D eigenvalue weighted by atomic mass is 32.2. The van der Waals surface area contributed by atoms with Crippen LogP contribution in [0.1, 0.15) is 10.4 Å². The Morgan fingerprint density at radius 1 is 1.43 bits per heavy atom. The van der Waals surface area contributed by atoms with E-state index in [0.717, 1.165) is 22.7 Å². The third-order valence-corrected chi connectivity index (χ3v) is 5.39. The van der Waals surface area contributed by atoms with Crippen LogP contribution >= 0.6 is 19.6 Å². The molecule has 0 fully saturated rings. The molecule has 1 N–H and O–H groups in total. The van der Waals surface area contributed by atoms with Crippen LogP contribution in [0.4, 0.5) is 5.69 Å². The number of pyridine rings is 1. The van der Waals surface area contributed by atoms with Crippen molar-refractivity contribution in [2.45, 2.75) is 5.03 Å². The zero-order valence-electron chi connectivity index (χ0n) is 17.3. The number of rotatable bonds is 12. The molecule has 0 saturated carbocycles. The molecule has 166 valence electrons. The molecule has 0 radical (unpaired) electrons. The highest BCUT2D eigenvalue weighted by Gasteiger charge is 2.25. The fourth-order valence-corrected chi connectivity index (χ4v) is 3.32. The topological polar surface area (TPSA) is 132 Å². The first kappa shape index (κ1) is 26.0. The molecule has 30 heavy (non-hydrogen) atoms. The number of hydrogen-bond donors (Lipinski definition) is 1. The summed E-state index contributed by atoms with van der Waals surface area (Å²) in [5.41, 5.74) is -0.322. The van der Waals surface area contributed by atoms with E-state index in [9.17, 15) is 24.4 Å². The number of amides is 1. The minimum atomic E-state index is -4.29. The van der Waals surface area contributed by atoms with Gasteiger partial charge in [0.1, 0.15) is 13.2 Å². The Labute approximate surface area is 179 Å². The van der Waals surface area contributed by atoms with Gasteiger partial charge in [0.05, 0.1) is 44.8 Å². The molecule has 1 aromatic heterocycles. The molecule has 1 atom stereocenters. The Hall–Kier alpha value is -2.00. The standard InChI is InChI=1S/C17H25N4O7PS/c1-6-7-19(8-10-27-29(25,26)28-11-9-21(2,3)4)17(22)14-12-15(20(23)24)16(30-5)18-13-14/h1,12-13H,7-11H2,2-5H3/p+1. The average molecular weight is 461 g/mol.